The van der Waals surface area contributed by atoms with Gasteiger partial charge in [-0.3, -0.25) is 14.5 Å². The minimum atomic E-state index is -0.206. The maximum absolute atomic E-state index is 11.8. The molecule has 0 bridgehead atoms. The van der Waals surface area contributed by atoms with Crippen molar-refractivity contribution in [1.29, 1.82) is 0 Å². The van der Waals surface area contributed by atoms with E-state index >= 15 is 0 Å². The molecule has 18 heavy (non-hydrogen) atoms. The second kappa shape index (κ2) is 5.42. The zero-order valence-electron chi connectivity index (χ0n) is 10.1. The van der Waals surface area contributed by atoms with E-state index in [2.05, 4.69) is 15.4 Å². The van der Waals surface area contributed by atoms with Crippen molar-refractivity contribution in [2.75, 3.05) is 0 Å². The highest BCUT2D eigenvalue weighted by atomic mass is 16.1. The van der Waals surface area contributed by atoms with Gasteiger partial charge in [0.15, 0.2) is 0 Å². The van der Waals surface area contributed by atoms with Crippen molar-refractivity contribution in [2.24, 2.45) is 12.8 Å². The largest absolute Gasteiger partial charge is 0.347 e. The van der Waals surface area contributed by atoms with Crippen LogP contribution in [0.5, 0.6) is 0 Å². The van der Waals surface area contributed by atoms with Crippen LogP contribution in [0.3, 0.4) is 0 Å². The van der Waals surface area contributed by atoms with Gasteiger partial charge in [-0.05, 0) is 11.6 Å². The molecule has 0 aliphatic heterocycles. The van der Waals surface area contributed by atoms with E-state index in [1.165, 1.54) is 0 Å². The fraction of sp³-hybridized carbons (Fsp3) is 0.250. The number of nitrogens with one attached hydrogen (secondary N) is 1. The van der Waals surface area contributed by atoms with Gasteiger partial charge in [0.25, 0.3) is 5.91 Å². The lowest BCUT2D eigenvalue weighted by molar-refractivity contribution is 0.0946. The number of rotatable bonds is 4. The number of hydrogen-bond acceptors (Lipinski definition) is 4. The van der Waals surface area contributed by atoms with Crippen LogP contribution in [-0.4, -0.2) is 20.7 Å². The van der Waals surface area contributed by atoms with Crippen molar-refractivity contribution >= 4 is 5.91 Å². The number of aromatic nitrogens is 3. The van der Waals surface area contributed by atoms with E-state index in [1.54, 1.807) is 29.2 Å². The quantitative estimate of drug-likeness (QED) is 0.806. The van der Waals surface area contributed by atoms with E-state index < -0.39 is 0 Å². The van der Waals surface area contributed by atoms with Crippen molar-refractivity contribution in [3.8, 4) is 0 Å². The van der Waals surface area contributed by atoms with Crippen LogP contribution in [0.25, 0.3) is 0 Å². The summed E-state index contributed by atoms with van der Waals surface area (Å²) in [5.41, 5.74) is 7.70. The van der Waals surface area contributed by atoms with Gasteiger partial charge in [0.1, 0.15) is 5.69 Å². The normalized spacial score (nSPS) is 10.3. The van der Waals surface area contributed by atoms with Crippen LogP contribution in [0.1, 0.15) is 21.6 Å². The SMILES string of the molecule is Cn1cc(CNC(=O)c2ccc(CN)cn2)cn1. The maximum atomic E-state index is 11.8. The lowest BCUT2D eigenvalue weighted by Gasteiger charge is -2.03. The Hall–Kier alpha value is -2.21. The number of amides is 1. The molecule has 6 nitrogen and oxygen atoms in total. The maximum Gasteiger partial charge on any atom is 0.270 e. The Morgan fingerprint density at radius 1 is 1.39 bits per heavy atom. The number of pyridine rings is 1. The average Bonchev–Trinajstić information content (AvgIpc) is 2.82. The first-order valence-electron chi connectivity index (χ1n) is 5.60. The number of hydrogen-bond donors (Lipinski definition) is 2. The van der Waals surface area contributed by atoms with Crippen molar-refractivity contribution in [3.63, 3.8) is 0 Å². The standard InChI is InChI=1S/C12H15N5O/c1-17-8-10(7-16-17)6-15-12(18)11-3-2-9(4-13)5-14-11/h2-3,5,7-8H,4,6,13H2,1H3,(H,15,18). The number of carbonyl (C=O) groups excluding carboxylic acids is 1. The third kappa shape index (κ3) is 2.92. The molecule has 3 N–H and O–H groups in total. The van der Waals surface area contributed by atoms with Gasteiger partial charge in [-0.15, -0.1) is 0 Å². The smallest absolute Gasteiger partial charge is 0.270 e. The molecule has 2 heterocycles. The monoisotopic (exact) mass is 245 g/mol. The number of nitrogens with two attached hydrogens (primary N) is 1. The Kier molecular flexibility index (Phi) is 3.69. The van der Waals surface area contributed by atoms with Crippen LogP contribution in [0, 0.1) is 0 Å². The Bertz CT molecular complexity index is 532. The molecule has 0 radical (unpaired) electrons. The summed E-state index contributed by atoms with van der Waals surface area (Å²) in [6.07, 6.45) is 5.18. The molecule has 94 valence electrons. The molecule has 6 heteroatoms. The first-order chi connectivity index (χ1) is 8.69. The number of aryl methyl sites for hydroxylation is 1. The summed E-state index contributed by atoms with van der Waals surface area (Å²) in [5.74, 6) is -0.206. The summed E-state index contributed by atoms with van der Waals surface area (Å²) in [6, 6.07) is 3.47. The molecule has 0 unspecified atom stereocenters. The van der Waals surface area contributed by atoms with Crippen LogP contribution in [0.2, 0.25) is 0 Å². The molecule has 0 aliphatic carbocycles. The molecular weight excluding hydrogens is 230 g/mol. The van der Waals surface area contributed by atoms with Crippen LogP contribution < -0.4 is 11.1 Å². The summed E-state index contributed by atoms with van der Waals surface area (Å²) in [5, 5.41) is 6.81. The molecule has 0 aromatic carbocycles. The van der Waals surface area contributed by atoms with E-state index in [4.69, 9.17) is 5.73 Å². The molecule has 0 atom stereocenters. The van der Waals surface area contributed by atoms with E-state index in [-0.39, 0.29) is 5.91 Å². The first-order valence-corrected chi connectivity index (χ1v) is 5.60. The van der Waals surface area contributed by atoms with Crippen molar-refractivity contribution in [2.45, 2.75) is 13.1 Å². The number of nitrogens with zero attached hydrogens (tertiary/aromatic N) is 3. The zero-order valence-corrected chi connectivity index (χ0v) is 10.1. The van der Waals surface area contributed by atoms with Gasteiger partial charge in [0.05, 0.1) is 6.20 Å². The lowest BCUT2D eigenvalue weighted by atomic mass is 10.2. The second-order valence-electron chi connectivity index (χ2n) is 3.96. The van der Waals surface area contributed by atoms with E-state index in [0.29, 0.717) is 18.8 Å². The molecule has 0 fully saturated rings. The van der Waals surface area contributed by atoms with Crippen LogP contribution in [-0.2, 0) is 20.1 Å². The van der Waals surface area contributed by atoms with E-state index in [0.717, 1.165) is 11.1 Å². The second-order valence-corrected chi connectivity index (χ2v) is 3.96. The fourth-order valence-electron chi connectivity index (χ4n) is 1.52. The molecule has 2 rings (SSSR count). The summed E-state index contributed by atoms with van der Waals surface area (Å²) >= 11 is 0. The highest BCUT2D eigenvalue weighted by molar-refractivity contribution is 5.92. The Morgan fingerprint density at radius 2 is 2.22 bits per heavy atom. The topological polar surface area (TPSA) is 85.8 Å². The number of carbonyl (C=O) groups is 1. The fourth-order valence-corrected chi connectivity index (χ4v) is 1.52. The molecule has 0 aliphatic rings. The minimum Gasteiger partial charge on any atom is -0.347 e. The summed E-state index contributed by atoms with van der Waals surface area (Å²) < 4.78 is 1.69. The molecule has 1 amide bonds. The van der Waals surface area contributed by atoms with Gasteiger partial charge in [-0.2, -0.15) is 5.10 Å². The molecule has 0 saturated carbocycles. The molecule has 0 spiro atoms. The predicted molar refractivity (Wildman–Crippen MR) is 66.5 cm³/mol. The van der Waals surface area contributed by atoms with Crippen LogP contribution in [0.4, 0.5) is 0 Å². The Labute approximate surface area is 105 Å². The van der Waals surface area contributed by atoms with Gasteiger partial charge in [-0.25, -0.2) is 0 Å². The van der Waals surface area contributed by atoms with Crippen molar-refractivity contribution in [1.82, 2.24) is 20.1 Å². The van der Waals surface area contributed by atoms with Crippen LogP contribution in [0.15, 0.2) is 30.7 Å². The average molecular weight is 245 g/mol. The van der Waals surface area contributed by atoms with Gasteiger partial charge < -0.3 is 11.1 Å². The molecule has 2 aromatic heterocycles. The highest BCUT2D eigenvalue weighted by Gasteiger charge is 2.07. The van der Waals surface area contributed by atoms with Crippen molar-refractivity contribution in [3.05, 3.63) is 47.5 Å². The first kappa shape index (κ1) is 12.3. The van der Waals surface area contributed by atoms with Gasteiger partial charge >= 0.3 is 0 Å². The zero-order chi connectivity index (χ0) is 13.0. The predicted octanol–water partition coefficient (Wildman–Crippen LogP) is 0.204. The third-order valence-corrected chi connectivity index (χ3v) is 2.50. The Balaban J connectivity index is 1.94. The van der Waals surface area contributed by atoms with E-state index in [9.17, 15) is 4.79 Å². The lowest BCUT2D eigenvalue weighted by Crippen LogP contribution is -2.23. The third-order valence-electron chi connectivity index (χ3n) is 2.50. The van der Waals surface area contributed by atoms with Gasteiger partial charge in [0.2, 0.25) is 0 Å². The highest BCUT2D eigenvalue weighted by Crippen LogP contribution is 2.01. The summed E-state index contributed by atoms with van der Waals surface area (Å²) in [7, 11) is 1.83. The molecule has 0 saturated heterocycles. The van der Waals surface area contributed by atoms with Gasteiger partial charge in [-0.1, -0.05) is 6.07 Å². The van der Waals surface area contributed by atoms with E-state index in [1.807, 2.05) is 13.2 Å². The Morgan fingerprint density at radius 3 is 2.78 bits per heavy atom. The summed E-state index contributed by atoms with van der Waals surface area (Å²) in [6.45, 7) is 0.859. The van der Waals surface area contributed by atoms with Gasteiger partial charge in [0, 0.05) is 38.1 Å². The molecular formula is C12H15N5O. The summed E-state index contributed by atoms with van der Waals surface area (Å²) in [4.78, 5) is 15.8. The molecule has 2 aromatic rings. The van der Waals surface area contributed by atoms with Crippen molar-refractivity contribution < 1.29 is 4.79 Å². The van der Waals surface area contributed by atoms with Crippen LogP contribution >= 0.6 is 0 Å². The minimum absolute atomic E-state index is 0.206.